The summed E-state index contributed by atoms with van der Waals surface area (Å²) in [6.45, 7) is -0.0774. The Kier molecular flexibility index (Phi) is 3.05. The zero-order chi connectivity index (χ0) is 15.4. The number of amides is 2. The molecule has 1 heterocycles. The van der Waals surface area contributed by atoms with Gasteiger partial charge in [0.25, 0.3) is 0 Å². The molecule has 112 valence electrons. The van der Waals surface area contributed by atoms with Crippen LogP contribution in [0.25, 0.3) is 0 Å². The molecule has 3 unspecified atom stereocenters. The molecule has 2 amide bonds. The standard InChI is InChI=1S/C14H13F3N2O2/c15-14(16,17)8-3-1-2-7(4-8)11(18)6-19-12(20)9-5-10(9)13(19)21/h1-4,9-11H,5-6,18H2. The van der Waals surface area contributed by atoms with Crippen LogP contribution in [0, 0.1) is 11.8 Å². The predicted molar refractivity (Wildman–Crippen MR) is 66.7 cm³/mol. The second kappa shape index (κ2) is 4.56. The smallest absolute Gasteiger partial charge is 0.322 e. The van der Waals surface area contributed by atoms with Crippen LogP contribution in [0.3, 0.4) is 0 Å². The lowest BCUT2D eigenvalue weighted by Crippen LogP contribution is -2.38. The Morgan fingerprint density at radius 1 is 1.24 bits per heavy atom. The number of hydrogen-bond acceptors (Lipinski definition) is 3. The maximum absolute atomic E-state index is 12.7. The first-order chi connectivity index (χ1) is 9.79. The Labute approximate surface area is 118 Å². The predicted octanol–water partition coefficient (Wildman–Crippen LogP) is 1.71. The number of rotatable bonds is 3. The number of benzene rings is 1. The molecule has 1 aliphatic heterocycles. The number of alkyl halides is 3. The molecule has 2 fully saturated rings. The fourth-order valence-corrected chi connectivity index (χ4v) is 2.68. The number of fused-ring (bicyclic) bond motifs is 1. The summed E-state index contributed by atoms with van der Waals surface area (Å²) in [5.41, 5.74) is 5.32. The minimum absolute atomic E-state index is 0.0774. The minimum atomic E-state index is -4.45. The number of nitrogens with zero attached hydrogens (tertiary/aromatic N) is 1. The molecule has 3 atom stereocenters. The average molecular weight is 298 g/mol. The van der Waals surface area contributed by atoms with E-state index < -0.39 is 17.8 Å². The van der Waals surface area contributed by atoms with E-state index in [-0.39, 0.29) is 35.8 Å². The van der Waals surface area contributed by atoms with Gasteiger partial charge in [0.05, 0.1) is 17.4 Å². The van der Waals surface area contributed by atoms with Gasteiger partial charge in [0.15, 0.2) is 0 Å². The topological polar surface area (TPSA) is 63.4 Å². The Morgan fingerprint density at radius 2 is 1.86 bits per heavy atom. The molecule has 7 heteroatoms. The van der Waals surface area contributed by atoms with Gasteiger partial charge < -0.3 is 5.73 Å². The fourth-order valence-electron chi connectivity index (χ4n) is 2.68. The molecule has 1 aliphatic carbocycles. The molecule has 1 aromatic carbocycles. The first-order valence-corrected chi connectivity index (χ1v) is 6.57. The Hall–Kier alpha value is -1.89. The van der Waals surface area contributed by atoms with E-state index in [0.717, 1.165) is 17.0 Å². The van der Waals surface area contributed by atoms with E-state index in [4.69, 9.17) is 5.73 Å². The molecule has 2 N–H and O–H groups in total. The monoisotopic (exact) mass is 298 g/mol. The number of likely N-dealkylation sites (tertiary alicyclic amines) is 1. The summed E-state index contributed by atoms with van der Waals surface area (Å²) in [5, 5.41) is 0. The van der Waals surface area contributed by atoms with Gasteiger partial charge in [-0.15, -0.1) is 0 Å². The molecular weight excluding hydrogens is 285 g/mol. The maximum Gasteiger partial charge on any atom is 0.416 e. The van der Waals surface area contributed by atoms with Crippen molar-refractivity contribution in [2.75, 3.05) is 6.54 Å². The van der Waals surface area contributed by atoms with Crippen molar-refractivity contribution < 1.29 is 22.8 Å². The highest BCUT2D eigenvalue weighted by Gasteiger charge is 2.58. The van der Waals surface area contributed by atoms with Crippen molar-refractivity contribution in [1.82, 2.24) is 4.90 Å². The van der Waals surface area contributed by atoms with Crippen LogP contribution in [0.2, 0.25) is 0 Å². The van der Waals surface area contributed by atoms with Crippen molar-refractivity contribution >= 4 is 11.8 Å². The summed E-state index contributed by atoms with van der Waals surface area (Å²) in [6.07, 6.45) is -3.86. The molecule has 0 spiro atoms. The first-order valence-electron chi connectivity index (χ1n) is 6.57. The summed E-state index contributed by atoms with van der Waals surface area (Å²) in [6, 6.07) is 3.82. The molecule has 1 aromatic rings. The van der Waals surface area contributed by atoms with Gasteiger partial charge in [0, 0.05) is 12.6 Å². The molecule has 1 saturated carbocycles. The van der Waals surface area contributed by atoms with Crippen molar-refractivity contribution in [2.45, 2.75) is 18.6 Å². The third-order valence-corrected chi connectivity index (χ3v) is 3.98. The SMILES string of the molecule is NC(CN1C(=O)C2CC2C1=O)c1cccc(C(F)(F)F)c1. The summed E-state index contributed by atoms with van der Waals surface area (Å²) in [4.78, 5) is 24.7. The van der Waals surface area contributed by atoms with Crippen molar-refractivity contribution in [3.63, 3.8) is 0 Å². The van der Waals surface area contributed by atoms with Crippen LogP contribution in [0.5, 0.6) is 0 Å². The van der Waals surface area contributed by atoms with Gasteiger partial charge in [-0.1, -0.05) is 12.1 Å². The van der Waals surface area contributed by atoms with Crippen LogP contribution in [0.4, 0.5) is 13.2 Å². The molecule has 1 saturated heterocycles. The van der Waals surface area contributed by atoms with Gasteiger partial charge in [-0.3, -0.25) is 14.5 Å². The molecule has 3 rings (SSSR count). The summed E-state index contributed by atoms with van der Waals surface area (Å²) < 4.78 is 38.0. The van der Waals surface area contributed by atoms with Crippen LogP contribution < -0.4 is 5.73 Å². The van der Waals surface area contributed by atoms with Gasteiger partial charge in [-0.05, 0) is 24.1 Å². The third-order valence-electron chi connectivity index (χ3n) is 3.98. The molecule has 4 nitrogen and oxygen atoms in total. The van der Waals surface area contributed by atoms with Gasteiger partial charge in [-0.2, -0.15) is 13.2 Å². The van der Waals surface area contributed by atoms with Gasteiger partial charge in [0.1, 0.15) is 0 Å². The molecule has 21 heavy (non-hydrogen) atoms. The van der Waals surface area contributed by atoms with E-state index in [1.165, 1.54) is 12.1 Å². The number of halogens is 3. The highest BCUT2D eigenvalue weighted by atomic mass is 19.4. The van der Waals surface area contributed by atoms with Crippen LogP contribution in [-0.2, 0) is 15.8 Å². The summed E-state index contributed by atoms with van der Waals surface area (Å²) >= 11 is 0. The zero-order valence-electron chi connectivity index (χ0n) is 10.9. The molecular formula is C14H13F3N2O2. The van der Waals surface area contributed by atoms with E-state index in [1.54, 1.807) is 0 Å². The maximum atomic E-state index is 12.7. The van der Waals surface area contributed by atoms with E-state index in [0.29, 0.717) is 6.42 Å². The van der Waals surface area contributed by atoms with Crippen molar-refractivity contribution in [2.24, 2.45) is 17.6 Å². The molecule has 0 radical (unpaired) electrons. The number of imide groups is 1. The average Bonchev–Trinajstić information content (AvgIpc) is 3.18. The Bertz CT molecular complexity index is 594. The number of nitrogens with two attached hydrogens (primary N) is 1. The number of hydrogen-bond donors (Lipinski definition) is 1. The van der Waals surface area contributed by atoms with Gasteiger partial charge in [-0.25, -0.2) is 0 Å². The van der Waals surface area contributed by atoms with Crippen LogP contribution >= 0.6 is 0 Å². The highest BCUT2D eigenvalue weighted by Crippen LogP contribution is 2.47. The lowest BCUT2D eigenvalue weighted by molar-refractivity contribution is -0.142. The zero-order valence-corrected chi connectivity index (χ0v) is 10.9. The van der Waals surface area contributed by atoms with Crippen LogP contribution in [0.15, 0.2) is 24.3 Å². The lowest BCUT2D eigenvalue weighted by atomic mass is 10.0. The number of carbonyl (C=O) groups is 2. The minimum Gasteiger partial charge on any atom is -0.322 e. The Balaban J connectivity index is 1.75. The van der Waals surface area contributed by atoms with Crippen molar-refractivity contribution in [3.05, 3.63) is 35.4 Å². The molecule has 0 aromatic heterocycles. The highest BCUT2D eigenvalue weighted by molar-refractivity contribution is 6.08. The Morgan fingerprint density at radius 3 is 2.43 bits per heavy atom. The number of piperidine rings is 1. The molecule has 0 bridgehead atoms. The molecule has 2 aliphatic rings. The van der Waals surface area contributed by atoms with E-state index in [9.17, 15) is 22.8 Å². The van der Waals surface area contributed by atoms with Gasteiger partial charge in [0.2, 0.25) is 11.8 Å². The van der Waals surface area contributed by atoms with Crippen LogP contribution in [0.1, 0.15) is 23.6 Å². The first kappa shape index (κ1) is 14.1. The normalized spacial score (nSPS) is 26.0. The summed E-state index contributed by atoms with van der Waals surface area (Å²) in [7, 11) is 0. The van der Waals surface area contributed by atoms with E-state index >= 15 is 0 Å². The van der Waals surface area contributed by atoms with Crippen molar-refractivity contribution in [3.8, 4) is 0 Å². The van der Waals surface area contributed by atoms with Crippen molar-refractivity contribution in [1.29, 1.82) is 0 Å². The quantitative estimate of drug-likeness (QED) is 0.864. The second-order valence-corrected chi connectivity index (χ2v) is 5.47. The summed E-state index contributed by atoms with van der Waals surface area (Å²) in [5.74, 6) is -0.975. The number of carbonyl (C=O) groups excluding carboxylic acids is 2. The fraction of sp³-hybridized carbons (Fsp3) is 0.429. The third kappa shape index (κ3) is 2.42. The second-order valence-electron chi connectivity index (χ2n) is 5.47. The largest absolute Gasteiger partial charge is 0.416 e. The lowest BCUT2D eigenvalue weighted by Gasteiger charge is -2.21. The van der Waals surface area contributed by atoms with E-state index in [2.05, 4.69) is 0 Å². The van der Waals surface area contributed by atoms with Gasteiger partial charge >= 0.3 is 6.18 Å². The van der Waals surface area contributed by atoms with E-state index in [1.807, 2.05) is 0 Å². The van der Waals surface area contributed by atoms with Crippen LogP contribution in [-0.4, -0.2) is 23.3 Å².